The predicted octanol–water partition coefficient (Wildman–Crippen LogP) is 2.03. The van der Waals surface area contributed by atoms with Gasteiger partial charge in [-0.2, -0.15) is 0 Å². The standard InChI is InChI=1S/C17H17N3O3S/c18-24(22,23)11-5-6-16-13(8-11)14(17(21)20-16)7-10-9-19-15-4-2-1-3-12(10)15/h5-9,19H,1-4H2,(H,20,21)(H2,18,22,23). The molecule has 0 saturated heterocycles. The van der Waals surface area contributed by atoms with Crippen molar-refractivity contribution in [2.75, 3.05) is 5.32 Å². The van der Waals surface area contributed by atoms with Crippen LogP contribution in [0, 0.1) is 0 Å². The molecule has 4 N–H and O–H groups in total. The van der Waals surface area contributed by atoms with Gasteiger partial charge in [0.15, 0.2) is 0 Å². The highest BCUT2D eigenvalue weighted by Gasteiger charge is 2.26. The molecule has 124 valence electrons. The number of fused-ring (bicyclic) bond motifs is 2. The Bertz CT molecular complexity index is 987. The van der Waals surface area contributed by atoms with E-state index in [1.54, 1.807) is 6.07 Å². The van der Waals surface area contributed by atoms with Gasteiger partial charge in [0, 0.05) is 28.7 Å². The number of benzene rings is 1. The SMILES string of the molecule is NS(=O)(=O)c1ccc2c(c1)C(=Cc1c[nH]c3c1CCCC3)C(=O)N2. The first kappa shape index (κ1) is 15.2. The number of aromatic nitrogens is 1. The number of carbonyl (C=O) groups is 1. The van der Waals surface area contributed by atoms with Crippen LogP contribution in [0.1, 0.15) is 35.2 Å². The summed E-state index contributed by atoms with van der Waals surface area (Å²) in [6, 6.07) is 4.42. The molecule has 0 fully saturated rings. The minimum atomic E-state index is -3.81. The number of nitrogens with one attached hydrogen (secondary N) is 2. The molecule has 4 rings (SSSR count). The van der Waals surface area contributed by atoms with Gasteiger partial charge in [-0.05, 0) is 61.1 Å². The zero-order valence-corrected chi connectivity index (χ0v) is 13.7. The quantitative estimate of drug-likeness (QED) is 0.727. The Labute approximate surface area is 139 Å². The number of H-pyrrole nitrogens is 1. The lowest BCUT2D eigenvalue weighted by Crippen LogP contribution is -2.12. The Hall–Kier alpha value is -2.38. The summed E-state index contributed by atoms with van der Waals surface area (Å²) in [5.41, 5.74) is 5.09. The average molecular weight is 343 g/mol. The fourth-order valence-corrected chi connectivity index (χ4v) is 3.95. The van der Waals surface area contributed by atoms with Crippen LogP contribution in [0.3, 0.4) is 0 Å². The number of hydrogen-bond acceptors (Lipinski definition) is 3. The number of hydrogen-bond donors (Lipinski definition) is 3. The molecule has 1 aliphatic heterocycles. The van der Waals surface area contributed by atoms with E-state index < -0.39 is 10.0 Å². The van der Waals surface area contributed by atoms with Gasteiger partial charge in [-0.3, -0.25) is 4.79 Å². The summed E-state index contributed by atoms with van der Waals surface area (Å²) in [5.74, 6) is -0.234. The van der Waals surface area contributed by atoms with Crippen LogP contribution in [-0.2, 0) is 27.7 Å². The van der Waals surface area contributed by atoms with Crippen LogP contribution in [0.2, 0.25) is 0 Å². The van der Waals surface area contributed by atoms with E-state index in [-0.39, 0.29) is 10.8 Å². The van der Waals surface area contributed by atoms with Crippen LogP contribution in [0.4, 0.5) is 5.69 Å². The molecular weight excluding hydrogens is 326 g/mol. The van der Waals surface area contributed by atoms with Crippen LogP contribution in [0.25, 0.3) is 11.6 Å². The molecule has 0 atom stereocenters. The van der Waals surface area contributed by atoms with Crippen molar-refractivity contribution >= 4 is 33.3 Å². The molecule has 0 radical (unpaired) electrons. The Morgan fingerprint density at radius 3 is 2.75 bits per heavy atom. The number of sulfonamides is 1. The molecule has 24 heavy (non-hydrogen) atoms. The van der Waals surface area contributed by atoms with E-state index in [9.17, 15) is 13.2 Å². The van der Waals surface area contributed by atoms with Crippen LogP contribution in [0.15, 0.2) is 29.3 Å². The van der Waals surface area contributed by atoms with E-state index >= 15 is 0 Å². The highest BCUT2D eigenvalue weighted by molar-refractivity contribution is 7.89. The van der Waals surface area contributed by atoms with Crippen molar-refractivity contribution in [3.63, 3.8) is 0 Å². The van der Waals surface area contributed by atoms with Crippen LogP contribution in [0.5, 0.6) is 0 Å². The Kier molecular flexibility index (Phi) is 3.36. The van der Waals surface area contributed by atoms with E-state index in [1.165, 1.54) is 29.8 Å². The maximum atomic E-state index is 12.3. The van der Waals surface area contributed by atoms with Crippen molar-refractivity contribution in [3.8, 4) is 0 Å². The summed E-state index contributed by atoms with van der Waals surface area (Å²) in [4.78, 5) is 15.6. The van der Waals surface area contributed by atoms with Gasteiger partial charge in [0.25, 0.3) is 5.91 Å². The fraction of sp³-hybridized carbons (Fsp3) is 0.235. The van der Waals surface area contributed by atoms with E-state index in [0.717, 1.165) is 24.8 Å². The molecule has 1 amide bonds. The first-order valence-electron chi connectivity index (χ1n) is 7.83. The van der Waals surface area contributed by atoms with Crippen molar-refractivity contribution in [2.45, 2.75) is 30.6 Å². The van der Waals surface area contributed by atoms with E-state index in [4.69, 9.17) is 5.14 Å². The fourth-order valence-electron chi connectivity index (χ4n) is 3.41. The zero-order chi connectivity index (χ0) is 16.9. The third kappa shape index (κ3) is 2.46. The second-order valence-corrected chi connectivity index (χ2v) is 7.73. The number of amides is 1. The van der Waals surface area contributed by atoms with E-state index in [1.807, 2.05) is 12.3 Å². The molecule has 2 aromatic rings. The molecule has 7 heteroatoms. The number of carbonyl (C=O) groups excluding carboxylic acids is 1. The lowest BCUT2D eigenvalue weighted by molar-refractivity contribution is -0.110. The van der Waals surface area contributed by atoms with Crippen LogP contribution < -0.4 is 10.5 Å². The number of aryl methyl sites for hydroxylation is 1. The number of anilines is 1. The lowest BCUT2D eigenvalue weighted by Gasteiger charge is -2.11. The van der Waals surface area contributed by atoms with Crippen molar-refractivity contribution < 1.29 is 13.2 Å². The molecule has 1 aromatic heterocycles. The summed E-state index contributed by atoms with van der Waals surface area (Å²) in [6.07, 6.45) is 8.07. The first-order chi connectivity index (χ1) is 11.4. The van der Waals surface area contributed by atoms with Gasteiger partial charge in [-0.15, -0.1) is 0 Å². The van der Waals surface area contributed by atoms with Crippen molar-refractivity contribution in [1.29, 1.82) is 0 Å². The number of rotatable bonds is 2. The van der Waals surface area contributed by atoms with Gasteiger partial charge in [-0.25, -0.2) is 13.6 Å². The van der Waals surface area contributed by atoms with Gasteiger partial charge in [0.05, 0.1) is 4.90 Å². The van der Waals surface area contributed by atoms with Crippen LogP contribution >= 0.6 is 0 Å². The molecule has 6 nitrogen and oxygen atoms in total. The predicted molar refractivity (Wildman–Crippen MR) is 91.8 cm³/mol. The monoisotopic (exact) mass is 343 g/mol. The molecule has 2 heterocycles. The summed E-state index contributed by atoms with van der Waals surface area (Å²) in [7, 11) is -3.81. The summed E-state index contributed by atoms with van der Waals surface area (Å²) in [5, 5.41) is 7.97. The Morgan fingerprint density at radius 2 is 1.96 bits per heavy atom. The zero-order valence-electron chi connectivity index (χ0n) is 12.9. The maximum absolute atomic E-state index is 12.3. The number of primary sulfonamides is 1. The second kappa shape index (κ2) is 5.32. The van der Waals surface area contributed by atoms with Crippen molar-refractivity contribution in [1.82, 2.24) is 4.98 Å². The highest BCUT2D eigenvalue weighted by Crippen LogP contribution is 2.36. The molecular formula is C17H17N3O3S. The average Bonchev–Trinajstić information content (AvgIpc) is 3.08. The van der Waals surface area contributed by atoms with Gasteiger partial charge >= 0.3 is 0 Å². The highest BCUT2D eigenvalue weighted by atomic mass is 32.2. The maximum Gasteiger partial charge on any atom is 0.256 e. The van der Waals surface area contributed by atoms with Crippen molar-refractivity contribution in [3.05, 3.63) is 46.8 Å². The topological polar surface area (TPSA) is 105 Å². The second-order valence-electron chi connectivity index (χ2n) is 6.17. The smallest absolute Gasteiger partial charge is 0.256 e. The van der Waals surface area contributed by atoms with Crippen molar-refractivity contribution in [2.24, 2.45) is 5.14 Å². The largest absolute Gasteiger partial charge is 0.364 e. The van der Waals surface area contributed by atoms with Gasteiger partial charge in [-0.1, -0.05) is 0 Å². The summed E-state index contributed by atoms with van der Waals surface area (Å²) < 4.78 is 23.2. The first-order valence-corrected chi connectivity index (χ1v) is 9.37. The normalized spacial score (nSPS) is 18.4. The van der Waals surface area contributed by atoms with Gasteiger partial charge in [0.2, 0.25) is 10.0 Å². The minimum Gasteiger partial charge on any atom is -0.364 e. The molecule has 0 spiro atoms. The third-order valence-electron chi connectivity index (χ3n) is 4.62. The number of aromatic amines is 1. The molecule has 0 bridgehead atoms. The van der Waals surface area contributed by atoms with Gasteiger partial charge in [0.1, 0.15) is 0 Å². The van der Waals surface area contributed by atoms with E-state index in [2.05, 4.69) is 10.3 Å². The van der Waals surface area contributed by atoms with Crippen LogP contribution in [-0.4, -0.2) is 19.3 Å². The molecule has 0 unspecified atom stereocenters. The van der Waals surface area contributed by atoms with E-state index in [0.29, 0.717) is 16.8 Å². The third-order valence-corrected chi connectivity index (χ3v) is 5.53. The summed E-state index contributed by atoms with van der Waals surface area (Å²) >= 11 is 0. The van der Waals surface area contributed by atoms with Gasteiger partial charge < -0.3 is 10.3 Å². The minimum absolute atomic E-state index is 0.000234. The lowest BCUT2D eigenvalue weighted by atomic mass is 9.94. The molecule has 0 saturated carbocycles. The molecule has 1 aliphatic carbocycles. The molecule has 2 aliphatic rings. The molecule has 1 aromatic carbocycles. The Morgan fingerprint density at radius 1 is 1.17 bits per heavy atom. The summed E-state index contributed by atoms with van der Waals surface area (Å²) in [6.45, 7) is 0. The Balaban J connectivity index is 1.83. The number of nitrogens with two attached hydrogens (primary N) is 1.